The van der Waals surface area contributed by atoms with E-state index in [0.717, 1.165) is 0 Å². The van der Waals surface area contributed by atoms with Crippen LogP contribution in [0.1, 0.15) is 52.9 Å². The van der Waals surface area contributed by atoms with Crippen molar-refractivity contribution in [2.45, 2.75) is 52.9 Å². The van der Waals surface area contributed by atoms with Crippen LogP contribution >= 0.6 is 0 Å². The Morgan fingerprint density at radius 2 is 1.95 bits per heavy atom. The number of carbonyl (C=O) groups is 1. The van der Waals surface area contributed by atoms with E-state index < -0.39 is 5.41 Å². The van der Waals surface area contributed by atoms with Gasteiger partial charge in [-0.15, -0.1) is 0 Å². The molecule has 0 saturated heterocycles. The number of hydrogen-bond donors (Lipinski definition) is 0. The minimum atomic E-state index is -0.396. The molecule has 1 saturated carbocycles. The van der Waals surface area contributed by atoms with Gasteiger partial charge in [0.25, 0.3) is 0 Å². The Morgan fingerprint density at radius 1 is 1.26 bits per heavy atom. The molecule has 4 nitrogen and oxygen atoms in total. The van der Waals surface area contributed by atoms with E-state index in [4.69, 9.17) is 0 Å². The Balaban J connectivity index is 2.29. The lowest BCUT2D eigenvalue weighted by atomic mass is 9.84. The molecular weight excluding hydrogens is 238 g/mol. The van der Waals surface area contributed by atoms with Crippen LogP contribution in [0, 0.1) is 11.3 Å². The Morgan fingerprint density at radius 3 is 2.47 bits per heavy atom. The molecule has 0 radical (unpaired) electrons. The molecule has 1 aliphatic carbocycles. The number of Topliss-reactive ketones (excluding diaryl/α,β-unsaturated/α-hetero) is 1. The molecule has 0 bridgehead atoms. The number of carbonyl (C=O) groups excluding carboxylic acids is 1. The van der Waals surface area contributed by atoms with Crippen LogP contribution < -0.4 is 0 Å². The highest BCUT2D eigenvalue weighted by atomic mass is 16.1. The van der Waals surface area contributed by atoms with Crippen molar-refractivity contribution in [1.29, 1.82) is 0 Å². The zero-order valence-corrected chi connectivity index (χ0v) is 12.1. The molecule has 2 rings (SSSR count). The van der Waals surface area contributed by atoms with Crippen LogP contribution in [0.15, 0.2) is 18.7 Å². The molecule has 1 aromatic rings. The quantitative estimate of drug-likeness (QED) is 0.784. The topological polar surface area (TPSA) is 47.8 Å². The molecule has 0 aliphatic heterocycles. The maximum atomic E-state index is 12.6. The van der Waals surface area contributed by atoms with Gasteiger partial charge in [0.05, 0.1) is 0 Å². The molecule has 0 aromatic carbocycles. The summed E-state index contributed by atoms with van der Waals surface area (Å²) < 4.78 is 1.61. The van der Waals surface area contributed by atoms with Gasteiger partial charge in [0.2, 0.25) is 0 Å². The molecule has 1 aromatic heterocycles. The van der Waals surface area contributed by atoms with Crippen molar-refractivity contribution in [3.8, 4) is 0 Å². The van der Waals surface area contributed by atoms with Gasteiger partial charge >= 0.3 is 0 Å². The van der Waals surface area contributed by atoms with Crippen LogP contribution in [0.5, 0.6) is 0 Å². The van der Waals surface area contributed by atoms with Crippen molar-refractivity contribution < 1.29 is 4.79 Å². The lowest BCUT2D eigenvalue weighted by Crippen LogP contribution is -2.25. The second-order valence-corrected chi connectivity index (χ2v) is 6.37. The second kappa shape index (κ2) is 5.68. The highest BCUT2D eigenvalue weighted by molar-refractivity contribution is 6.17. The first-order valence-corrected chi connectivity index (χ1v) is 7.10. The zero-order valence-electron chi connectivity index (χ0n) is 12.1. The third kappa shape index (κ3) is 3.52. The lowest BCUT2D eigenvalue weighted by molar-refractivity contribution is -0.120. The van der Waals surface area contributed by atoms with E-state index in [1.807, 2.05) is 20.8 Å². The van der Waals surface area contributed by atoms with Crippen LogP contribution in [-0.2, 0) is 4.79 Å². The minimum Gasteiger partial charge on any atom is -0.292 e. The van der Waals surface area contributed by atoms with Gasteiger partial charge in [-0.2, -0.15) is 5.10 Å². The molecule has 0 spiro atoms. The van der Waals surface area contributed by atoms with E-state index in [1.54, 1.807) is 11.0 Å². The standard InChI is InChI=1S/C15H23N3O/c1-15(2,3)14(19)13(18-11-16-10-17-18)9-12-7-5-4-6-8-12/h9-12H,4-8H2,1-3H3. The Labute approximate surface area is 114 Å². The molecule has 0 N–H and O–H groups in total. The third-order valence-electron chi connectivity index (χ3n) is 3.62. The summed E-state index contributed by atoms with van der Waals surface area (Å²) in [6.45, 7) is 5.84. The maximum Gasteiger partial charge on any atom is 0.186 e. The number of aromatic nitrogens is 3. The first kappa shape index (κ1) is 14.0. The molecule has 1 aliphatic rings. The third-order valence-corrected chi connectivity index (χ3v) is 3.62. The Kier molecular flexibility index (Phi) is 4.17. The average Bonchev–Trinajstić information content (AvgIpc) is 2.89. The molecule has 0 unspecified atom stereocenters. The van der Waals surface area contributed by atoms with E-state index in [2.05, 4.69) is 16.2 Å². The van der Waals surface area contributed by atoms with Gasteiger partial charge in [-0.25, -0.2) is 9.67 Å². The summed E-state index contributed by atoms with van der Waals surface area (Å²) in [5, 5.41) is 4.13. The average molecular weight is 261 g/mol. The summed E-state index contributed by atoms with van der Waals surface area (Å²) in [6, 6.07) is 0. The second-order valence-electron chi connectivity index (χ2n) is 6.37. The van der Waals surface area contributed by atoms with E-state index in [0.29, 0.717) is 11.6 Å². The van der Waals surface area contributed by atoms with Crippen molar-refractivity contribution in [3.63, 3.8) is 0 Å². The van der Waals surface area contributed by atoms with E-state index in [-0.39, 0.29) is 5.78 Å². The molecule has 104 valence electrons. The van der Waals surface area contributed by atoms with Crippen LogP contribution in [0.2, 0.25) is 0 Å². The van der Waals surface area contributed by atoms with E-state index in [1.165, 1.54) is 38.4 Å². The number of rotatable bonds is 3. The van der Waals surface area contributed by atoms with Crippen molar-refractivity contribution in [1.82, 2.24) is 14.8 Å². The summed E-state index contributed by atoms with van der Waals surface area (Å²) >= 11 is 0. The number of hydrogen-bond acceptors (Lipinski definition) is 3. The van der Waals surface area contributed by atoms with E-state index in [9.17, 15) is 4.79 Å². The van der Waals surface area contributed by atoms with Crippen LogP contribution in [0.3, 0.4) is 0 Å². The first-order chi connectivity index (χ1) is 8.98. The SMILES string of the molecule is CC(C)(C)C(=O)C(=CC1CCCCC1)n1cncn1. The molecule has 1 heterocycles. The normalized spacial score (nSPS) is 18.6. The number of nitrogens with zero attached hydrogens (tertiary/aromatic N) is 3. The molecule has 19 heavy (non-hydrogen) atoms. The van der Waals surface area contributed by atoms with Gasteiger partial charge in [0, 0.05) is 5.41 Å². The lowest BCUT2D eigenvalue weighted by Gasteiger charge is -2.22. The van der Waals surface area contributed by atoms with Crippen molar-refractivity contribution >= 4 is 11.5 Å². The monoisotopic (exact) mass is 261 g/mol. The highest BCUT2D eigenvalue weighted by Crippen LogP contribution is 2.29. The highest BCUT2D eigenvalue weighted by Gasteiger charge is 2.27. The fraction of sp³-hybridized carbons (Fsp3) is 0.667. The van der Waals surface area contributed by atoms with Gasteiger partial charge in [-0.05, 0) is 18.8 Å². The molecular formula is C15H23N3O. The Hall–Kier alpha value is -1.45. The zero-order chi connectivity index (χ0) is 13.9. The van der Waals surface area contributed by atoms with Gasteiger partial charge in [-0.3, -0.25) is 4.79 Å². The fourth-order valence-electron chi connectivity index (χ4n) is 2.50. The van der Waals surface area contributed by atoms with Gasteiger partial charge in [0.1, 0.15) is 18.4 Å². The summed E-state index contributed by atoms with van der Waals surface area (Å²) in [7, 11) is 0. The number of ketones is 1. The van der Waals surface area contributed by atoms with E-state index >= 15 is 0 Å². The summed E-state index contributed by atoms with van der Waals surface area (Å²) in [5.74, 6) is 0.628. The van der Waals surface area contributed by atoms with Crippen molar-refractivity contribution in [3.05, 3.63) is 18.7 Å². The predicted molar refractivity (Wildman–Crippen MR) is 75.3 cm³/mol. The van der Waals surface area contributed by atoms with Gasteiger partial charge in [0.15, 0.2) is 5.78 Å². The number of allylic oxidation sites excluding steroid dienone is 2. The summed E-state index contributed by atoms with van der Waals surface area (Å²) in [4.78, 5) is 16.5. The maximum absolute atomic E-state index is 12.6. The Bertz CT molecular complexity index is 448. The van der Waals surface area contributed by atoms with Crippen LogP contribution in [0.4, 0.5) is 0 Å². The largest absolute Gasteiger partial charge is 0.292 e. The molecule has 1 fully saturated rings. The van der Waals surface area contributed by atoms with Crippen molar-refractivity contribution in [2.75, 3.05) is 0 Å². The summed E-state index contributed by atoms with van der Waals surface area (Å²) in [5.41, 5.74) is 0.281. The molecule has 0 atom stereocenters. The first-order valence-electron chi connectivity index (χ1n) is 7.10. The van der Waals surface area contributed by atoms with Crippen LogP contribution in [-0.4, -0.2) is 20.5 Å². The van der Waals surface area contributed by atoms with Gasteiger partial charge in [-0.1, -0.05) is 46.1 Å². The predicted octanol–water partition coefficient (Wildman–Crippen LogP) is 3.31. The molecule has 4 heteroatoms. The summed E-state index contributed by atoms with van der Waals surface area (Å²) in [6.07, 6.45) is 11.4. The minimum absolute atomic E-state index is 0.128. The smallest absolute Gasteiger partial charge is 0.186 e. The van der Waals surface area contributed by atoms with Gasteiger partial charge < -0.3 is 0 Å². The van der Waals surface area contributed by atoms with Crippen LogP contribution in [0.25, 0.3) is 5.70 Å². The molecule has 0 amide bonds. The fourth-order valence-corrected chi connectivity index (χ4v) is 2.50. The van der Waals surface area contributed by atoms with Crippen molar-refractivity contribution in [2.24, 2.45) is 11.3 Å².